The van der Waals surface area contributed by atoms with Gasteiger partial charge in [0.05, 0.1) is 42.7 Å². The summed E-state index contributed by atoms with van der Waals surface area (Å²) in [6.07, 6.45) is 0. The van der Waals surface area contributed by atoms with Crippen molar-refractivity contribution in [2.24, 2.45) is 0 Å². The van der Waals surface area contributed by atoms with E-state index >= 15 is 0 Å². The van der Waals surface area contributed by atoms with Gasteiger partial charge in [-0.2, -0.15) is 0 Å². The van der Waals surface area contributed by atoms with Crippen molar-refractivity contribution in [3.8, 4) is 34.5 Å². The fraction of sp³-hybridized carbons (Fsp3) is 0.436. The zero-order valence-electron chi connectivity index (χ0n) is 30.8. The van der Waals surface area contributed by atoms with Gasteiger partial charge in [0.2, 0.25) is 0 Å². The van der Waals surface area contributed by atoms with Crippen LogP contribution in [0.5, 0.6) is 34.5 Å². The van der Waals surface area contributed by atoms with Gasteiger partial charge >= 0.3 is 0 Å². The Labute approximate surface area is 277 Å². The first-order valence-corrected chi connectivity index (χ1v) is 17.8. The van der Waals surface area contributed by atoms with Crippen LogP contribution in [0, 0.1) is 41.5 Å². The quantitative estimate of drug-likeness (QED) is 0.173. The van der Waals surface area contributed by atoms with Crippen molar-refractivity contribution in [2.75, 3.05) is 42.7 Å². The Kier molecular flexibility index (Phi) is 9.98. The van der Waals surface area contributed by atoms with Crippen LogP contribution in [-0.2, 0) is 0 Å². The Morgan fingerprint density at radius 1 is 0.413 bits per heavy atom. The lowest BCUT2D eigenvalue weighted by Gasteiger charge is -2.45. The standard InChI is InChI=1S/C39H52O6Si/c1-20-17-30(40-11)27(8)37(33(20)43-14)46(36-25(6)23(4)24(5)26(36)7,38-28(9)31(41-12)18-21(2)34(38)44-15)39-29(10)32(42-13)19-22(3)35(39)45-16/h17-19,36H,1-16H3. The second-order valence-electron chi connectivity index (χ2n) is 12.6. The average molecular weight is 645 g/mol. The molecule has 4 rings (SSSR count). The number of methoxy groups -OCH3 is 6. The molecule has 0 spiro atoms. The summed E-state index contributed by atoms with van der Waals surface area (Å²) in [4.78, 5) is 0. The molecule has 3 aromatic rings. The first-order chi connectivity index (χ1) is 21.7. The smallest absolute Gasteiger partial charge is 0.174 e. The Morgan fingerprint density at radius 3 is 0.891 bits per heavy atom. The topological polar surface area (TPSA) is 55.4 Å². The van der Waals surface area contributed by atoms with Gasteiger partial charge < -0.3 is 28.4 Å². The Balaban J connectivity index is 2.63. The molecule has 0 bridgehead atoms. The Morgan fingerprint density at radius 2 is 0.674 bits per heavy atom. The Hall–Kier alpha value is -3.84. The lowest BCUT2D eigenvalue weighted by Crippen LogP contribution is -2.72. The van der Waals surface area contributed by atoms with E-state index in [0.717, 1.165) is 83.4 Å². The largest absolute Gasteiger partial charge is 0.497 e. The Bertz CT molecular complexity index is 1580. The van der Waals surface area contributed by atoms with E-state index in [0.29, 0.717) is 0 Å². The molecule has 0 fully saturated rings. The highest BCUT2D eigenvalue weighted by Gasteiger charge is 2.58. The molecule has 0 aliphatic heterocycles. The number of hydrogen-bond acceptors (Lipinski definition) is 6. The second kappa shape index (κ2) is 13.1. The zero-order valence-corrected chi connectivity index (χ0v) is 31.8. The van der Waals surface area contributed by atoms with E-state index in [9.17, 15) is 0 Å². The molecule has 248 valence electrons. The van der Waals surface area contributed by atoms with Crippen LogP contribution in [0.2, 0.25) is 5.54 Å². The molecule has 7 heteroatoms. The molecule has 0 heterocycles. The lowest BCUT2D eigenvalue weighted by atomic mass is 10.1. The molecule has 1 aliphatic rings. The first-order valence-electron chi connectivity index (χ1n) is 15.8. The predicted octanol–water partition coefficient (Wildman–Crippen LogP) is 7.12. The van der Waals surface area contributed by atoms with E-state index in [1.165, 1.54) is 22.3 Å². The molecule has 0 saturated heterocycles. The molecule has 0 radical (unpaired) electrons. The minimum absolute atomic E-state index is 0.0233. The molecule has 3 aromatic carbocycles. The van der Waals surface area contributed by atoms with Crippen molar-refractivity contribution in [1.29, 1.82) is 0 Å². The van der Waals surface area contributed by atoms with Crippen molar-refractivity contribution in [3.05, 3.63) is 73.9 Å². The number of rotatable bonds is 10. The fourth-order valence-corrected chi connectivity index (χ4v) is 15.7. The van der Waals surface area contributed by atoms with E-state index in [1.807, 2.05) is 0 Å². The van der Waals surface area contributed by atoms with Crippen LogP contribution in [0.25, 0.3) is 0 Å². The highest BCUT2D eigenvalue weighted by molar-refractivity contribution is 7.15. The van der Waals surface area contributed by atoms with Crippen LogP contribution in [0.3, 0.4) is 0 Å². The minimum atomic E-state index is -3.50. The molecule has 0 amide bonds. The number of hydrogen-bond donors (Lipinski definition) is 0. The molecule has 46 heavy (non-hydrogen) atoms. The highest BCUT2D eigenvalue weighted by Crippen LogP contribution is 2.51. The fourth-order valence-electron chi connectivity index (χ4n) is 8.24. The van der Waals surface area contributed by atoms with Crippen LogP contribution < -0.4 is 44.0 Å². The van der Waals surface area contributed by atoms with Crippen LogP contribution in [0.1, 0.15) is 61.1 Å². The van der Waals surface area contributed by atoms with Gasteiger partial charge in [-0.3, -0.25) is 0 Å². The molecule has 6 nitrogen and oxygen atoms in total. The molecule has 0 unspecified atom stereocenters. The van der Waals surface area contributed by atoms with Crippen LogP contribution in [0.4, 0.5) is 0 Å². The van der Waals surface area contributed by atoms with Crippen molar-refractivity contribution < 1.29 is 28.4 Å². The third-order valence-electron chi connectivity index (χ3n) is 10.5. The maximum atomic E-state index is 6.49. The van der Waals surface area contributed by atoms with Gasteiger partial charge in [-0.1, -0.05) is 11.1 Å². The van der Waals surface area contributed by atoms with E-state index in [4.69, 9.17) is 28.4 Å². The normalized spacial score (nSPS) is 13.8. The third-order valence-corrected chi connectivity index (χ3v) is 16.4. The van der Waals surface area contributed by atoms with Crippen LogP contribution in [0.15, 0.2) is 40.5 Å². The van der Waals surface area contributed by atoms with Crippen molar-refractivity contribution in [2.45, 2.75) is 74.8 Å². The van der Waals surface area contributed by atoms with Gasteiger partial charge in [0.1, 0.15) is 34.5 Å². The molecular weight excluding hydrogens is 593 g/mol. The van der Waals surface area contributed by atoms with Gasteiger partial charge in [0, 0.05) is 5.54 Å². The van der Waals surface area contributed by atoms with Crippen LogP contribution >= 0.6 is 0 Å². The van der Waals surface area contributed by atoms with Crippen molar-refractivity contribution in [1.82, 2.24) is 0 Å². The predicted molar refractivity (Wildman–Crippen MR) is 192 cm³/mol. The highest BCUT2D eigenvalue weighted by atomic mass is 28.3. The van der Waals surface area contributed by atoms with Crippen molar-refractivity contribution in [3.63, 3.8) is 0 Å². The summed E-state index contributed by atoms with van der Waals surface area (Å²) < 4.78 is 37.9. The molecule has 0 saturated carbocycles. The van der Waals surface area contributed by atoms with Crippen molar-refractivity contribution >= 4 is 23.6 Å². The summed E-state index contributed by atoms with van der Waals surface area (Å²) in [7, 11) is 7.04. The van der Waals surface area contributed by atoms with Gasteiger partial charge in [0.25, 0.3) is 0 Å². The number of ether oxygens (including phenoxy) is 6. The summed E-state index contributed by atoms with van der Waals surface area (Å²) in [5.41, 5.74) is 11.3. The summed E-state index contributed by atoms with van der Waals surface area (Å²) in [6.45, 7) is 21.9. The lowest BCUT2D eigenvalue weighted by molar-refractivity contribution is 0.398. The monoisotopic (exact) mass is 644 g/mol. The minimum Gasteiger partial charge on any atom is -0.497 e. The molecular formula is C39H52O6Si. The zero-order chi connectivity index (χ0) is 34.4. The van der Waals surface area contributed by atoms with Gasteiger partial charge in [-0.05, 0) is 148 Å². The molecule has 0 N–H and O–H groups in total. The average Bonchev–Trinajstić information content (AvgIpc) is 3.23. The molecule has 0 aromatic heterocycles. The maximum absolute atomic E-state index is 6.49. The molecule has 0 atom stereocenters. The van der Waals surface area contributed by atoms with E-state index in [-0.39, 0.29) is 5.54 Å². The van der Waals surface area contributed by atoms with E-state index in [1.54, 1.807) is 42.7 Å². The SMILES string of the molecule is COc1cc(C)c(OC)c([Si](c2c(C)c(OC)cc(C)c2OC)(c2c(C)c(OC)cc(C)c2OC)C2C(C)=C(C)C(C)=C2C)c1C. The van der Waals surface area contributed by atoms with Crippen LogP contribution in [-0.4, -0.2) is 50.7 Å². The van der Waals surface area contributed by atoms with E-state index in [2.05, 4.69) is 87.4 Å². The number of allylic oxidation sites excluding steroid dienone is 4. The molecule has 1 aliphatic carbocycles. The second-order valence-corrected chi connectivity index (χ2v) is 16.3. The summed E-state index contributed by atoms with van der Waals surface area (Å²) >= 11 is 0. The number of benzene rings is 3. The first kappa shape index (κ1) is 35.0. The van der Waals surface area contributed by atoms with Gasteiger partial charge in [0.15, 0.2) is 8.07 Å². The maximum Gasteiger partial charge on any atom is 0.174 e. The third kappa shape index (κ3) is 4.89. The van der Waals surface area contributed by atoms with E-state index < -0.39 is 8.07 Å². The summed E-state index contributed by atoms with van der Waals surface area (Å²) in [5, 5.41) is 3.38. The van der Waals surface area contributed by atoms with Gasteiger partial charge in [-0.15, -0.1) is 0 Å². The summed E-state index contributed by atoms with van der Waals surface area (Å²) in [5.74, 6) is 4.97. The van der Waals surface area contributed by atoms with Gasteiger partial charge in [-0.25, -0.2) is 0 Å². The summed E-state index contributed by atoms with van der Waals surface area (Å²) in [6, 6.07) is 6.24. The number of aryl methyl sites for hydroxylation is 3.